The molecule has 0 saturated heterocycles. The van der Waals surface area contributed by atoms with E-state index in [2.05, 4.69) is 11.1 Å². The lowest BCUT2D eigenvalue weighted by molar-refractivity contribution is 0.977. The molecule has 0 aliphatic heterocycles. The number of nitrogens with one attached hydrogen (secondary N) is 1. The Morgan fingerprint density at radius 3 is 2.71 bits per heavy atom. The van der Waals surface area contributed by atoms with Crippen LogP contribution in [0.15, 0.2) is 42.6 Å². The summed E-state index contributed by atoms with van der Waals surface area (Å²) < 4.78 is 2.00. The molecule has 3 aromatic rings. The van der Waals surface area contributed by atoms with Gasteiger partial charge in [0.2, 0.25) is 0 Å². The molecule has 1 aromatic carbocycles. The topological polar surface area (TPSA) is 44.5 Å². The van der Waals surface area contributed by atoms with E-state index in [9.17, 15) is 5.26 Å². The molecule has 0 aliphatic rings. The fourth-order valence-electron chi connectivity index (χ4n) is 2.14. The average molecular weight is 221 g/mol. The van der Waals surface area contributed by atoms with E-state index in [1.165, 1.54) is 0 Å². The zero-order valence-corrected chi connectivity index (χ0v) is 9.44. The molecule has 0 aliphatic carbocycles. The first-order chi connectivity index (χ1) is 8.31. The van der Waals surface area contributed by atoms with Gasteiger partial charge in [-0.15, -0.1) is 0 Å². The summed E-state index contributed by atoms with van der Waals surface area (Å²) in [5, 5.41) is 10.3. The van der Waals surface area contributed by atoms with Crippen LogP contribution in [0.3, 0.4) is 0 Å². The summed E-state index contributed by atoms with van der Waals surface area (Å²) in [5.74, 6) is 0.844. The minimum absolute atomic E-state index is 0.694. The van der Waals surface area contributed by atoms with Crippen LogP contribution in [0.25, 0.3) is 16.7 Å². The molecule has 0 unspecified atom stereocenters. The predicted molar refractivity (Wildman–Crippen MR) is 67.1 cm³/mol. The fraction of sp³-hybridized carbons (Fsp3) is 0.0714. The first kappa shape index (κ1) is 9.73. The third-order valence-electron chi connectivity index (χ3n) is 2.99. The van der Waals surface area contributed by atoms with Gasteiger partial charge in [-0.05, 0) is 25.1 Å². The molecule has 1 N–H and O–H groups in total. The Labute approximate surface area is 98.9 Å². The van der Waals surface area contributed by atoms with Crippen molar-refractivity contribution in [2.45, 2.75) is 6.92 Å². The molecule has 0 radical (unpaired) electrons. The van der Waals surface area contributed by atoms with Crippen molar-refractivity contribution < 1.29 is 0 Å². The number of hydrogen-bond donors (Lipinski definition) is 1. The Bertz CT molecular complexity index is 725. The molecule has 0 fully saturated rings. The van der Waals surface area contributed by atoms with Crippen molar-refractivity contribution in [3.05, 3.63) is 53.9 Å². The van der Waals surface area contributed by atoms with Gasteiger partial charge < -0.3 is 9.55 Å². The summed E-state index contributed by atoms with van der Waals surface area (Å²) in [6.07, 6.45) is 1.96. The molecule has 0 bridgehead atoms. The normalized spacial score (nSPS) is 10.6. The summed E-state index contributed by atoms with van der Waals surface area (Å²) in [6.45, 7) is 2.02. The summed E-state index contributed by atoms with van der Waals surface area (Å²) in [5.41, 5.74) is 2.79. The highest BCUT2D eigenvalue weighted by molar-refractivity contribution is 5.89. The van der Waals surface area contributed by atoms with Crippen molar-refractivity contribution in [3.63, 3.8) is 0 Å². The number of para-hydroxylation sites is 1. The average Bonchev–Trinajstić information content (AvgIpc) is 2.91. The summed E-state index contributed by atoms with van der Waals surface area (Å²) in [4.78, 5) is 3.30. The zero-order chi connectivity index (χ0) is 11.8. The standard InChI is InChI=1S/C14H11N3/c1-10-5-4-8-17(10)14-12(9-15)11-6-2-3-7-13(11)16-14/h2-8,16H,1H3. The van der Waals surface area contributed by atoms with Gasteiger partial charge in [0.15, 0.2) is 0 Å². The van der Waals surface area contributed by atoms with Crippen molar-refractivity contribution in [2.24, 2.45) is 0 Å². The monoisotopic (exact) mass is 221 g/mol. The van der Waals surface area contributed by atoms with Gasteiger partial charge in [0, 0.05) is 22.8 Å². The molecule has 17 heavy (non-hydrogen) atoms. The number of rotatable bonds is 1. The molecule has 3 nitrogen and oxygen atoms in total. The second-order valence-corrected chi connectivity index (χ2v) is 4.03. The van der Waals surface area contributed by atoms with Gasteiger partial charge in [0.25, 0.3) is 0 Å². The van der Waals surface area contributed by atoms with Crippen LogP contribution >= 0.6 is 0 Å². The molecule has 0 spiro atoms. The number of nitrogens with zero attached hydrogens (tertiary/aromatic N) is 2. The van der Waals surface area contributed by atoms with Crippen molar-refractivity contribution in [3.8, 4) is 11.9 Å². The van der Waals surface area contributed by atoms with Crippen LogP contribution in [0.2, 0.25) is 0 Å². The van der Waals surface area contributed by atoms with Crippen molar-refractivity contribution in [1.29, 1.82) is 5.26 Å². The van der Waals surface area contributed by atoms with Crippen LogP contribution in [0, 0.1) is 18.3 Å². The summed E-state index contributed by atoms with van der Waals surface area (Å²) in [7, 11) is 0. The number of aromatic amines is 1. The zero-order valence-electron chi connectivity index (χ0n) is 9.44. The van der Waals surface area contributed by atoms with Crippen LogP contribution in [0.5, 0.6) is 0 Å². The lowest BCUT2D eigenvalue weighted by Gasteiger charge is -2.03. The largest absolute Gasteiger partial charge is 0.340 e. The maximum atomic E-state index is 9.31. The number of aryl methyl sites for hydroxylation is 1. The number of benzene rings is 1. The lowest BCUT2D eigenvalue weighted by atomic mass is 10.2. The van der Waals surface area contributed by atoms with E-state index < -0.39 is 0 Å². The Hall–Kier alpha value is -2.47. The van der Waals surface area contributed by atoms with Gasteiger partial charge in [-0.1, -0.05) is 18.2 Å². The smallest absolute Gasteiger partial charge is 0.133 e. The maximum absolute atomic E-state index is 9.31. The highest BCUT2D eigenvalue weighted by Crippen LogP contribution is 2.25. The Morgan fingerprint density at radius 2 is 2.00 bits per heavy atom. The van der Waals surface area contributed by atoms with Crippen LogP contribution in [0.4, 0.5) is 0 Å². The summed E-state index contributed by atoms with van der Waals surface area (Å²) >= 11 is 0. The molecule has 2 heterocycles. The van der Waals surface area contributed by atoms with E-state index in [1.807, 2.05) is 54.1 Å². The first-order valence-electron chi connectivity index (χ1n) is 5.46. The van der Waals surface area contributed by atoms with Gasteiger partial charge in [-0.25, -0.2) is 0 Å². The maximum Gasteiger partial charge on any atom is 0.133 e. The van der Waals surface area contributed by atoms with E-state index in [-0.39, 0.29) is 0 Å². The third kappa shape index (κ3) is 1.35. The van der Waals surface area contributed by atoms with E-state index in [1.54, 1.807) is 0 Å². The minimum atomic E-state index is 0.694. The number of hydrogen-bond acceptors (Lipinski definition) is 1. The van der Waals surface area contributed by atoms with E-state index in [0.29, 0.717) is 5.56 Å². The van der Waals surface area contributed by atoms with Crippen molar-refractivity contribution in [1.82, 2.24) is 9.55 Å². The molecular formula is C14H11N3. The molecule has 3 rings (SSSR count). The third-order valence-corrected chi connectivity index (χ3v) is 2.99. The second kappa shape index (κ2) is 3.53. The SMILES string of the molecule is Cc1cccn1-c1[nH]c2ccccc2c1C#N. The number of fused-ring (bicyclic) bond motifs is 1. The Morgan fingerprint density at radius 1 is 1.18 bits per heavy atom. The lowest BCUT2D eigenvalue weighted by Crippen LogP contribution is -1.96. The molecule has 82 valence electrons. The molecular weight excluding hydrogens is 210 g/mol. The number of nitriles is 1. The van der Waals surface area contributed by atoms with Crippen LogP contribution < -0.4 is 0 Å². The first-order valence-corrected chi connectivity index (χ1v) is 5.46. The molecule has 0 saturated carbocycles. The molecule has 0 atom stereocenters. The summed E-state index contributed by atoms with van der Waals surface area (Å²) in [6, 6.07) is 14.1. The van der Waals surface area contributed by atoms with E-state index >= 15 is 0 Å². The molecule has 2 aromatic heterocycles. The Kier molecular flexibility index (Phi) is 2.02. The van der Waals surface area contributed by atoms with Gasteiger partial charge in [-0.2, -0.15) is 5.26 Å². The van der Waals surface area contributed by atoms with Crippen molar-refractivity contribution >= 4 is 10.9 Å². The quantitative estimate of drug-likeness (QED) is 0.674. The highest BCUT2D eigenvalue weighted by Gasteiger charge is 2.12. The van der Waals surface area contributed by atoms with Crippen LogP contribution in [-0.4, -0.2) is 9.55 Å². The van der Waals surface area contributed by atoms with Crippen LogP contribution in [-0.2, 0) is 0 Å². The van der Waals surface area contributed by atoms with E-state index in [0.717, 1.165) is 22.4 Å². The van der Waals surface area contributed by atoms with Crippen molar-refractivity contribution in [2.75, 3.05) is 0 Å². The Balaban J connectivity index is 2.38. The highest BCUT2D eigenvalue weighted by atomic mass is 15.1. The van der Waals surface area contributed by atoms with Gasteiger partial charge >= 0.3 is 0 Å². The van der Waals surface area contributed by atoms with E-state index in [4.69, 9.17) is 0 Å². The predicted octanol–water partition coefficient (Wildman–Crippen LogP) is 3.14. The number of H-pyrrole nitrogens is 1. The minimum Gasteiger partial charge on any atom is -0.340 e. The van der Waals surface area contributed by atoms with Crippen LogP contribution in [0.1, 0.15) is 11.3 Å². The van der Waals surface area contributed by atoms with Gasteiger partial charge in [0.1, 0.15) is 17.5 Å². The number of aromatic nitrogens is 2. The molecule has 3 heteroatoms. The molecule has 0 amide bonds. The van der Waals surface area contributed by atoms with Gasteiger partial charge in [0.05, 0.1) is 0 Å². The second-order valence-electron chi connectivity index (χ2n) is 4.03. The fourth-order valence-corrected chi connectivity index (χ4v) is 2.14. The van der Waals surface area contributed by atoms with Gasteiger partial charge in [-0.3, -0.25) is 0 Å².